The first kappa shape index (κ1) is 18.0. The molecule has 1 aromatic heterocycles. The summed E-state index contributed by atoms with van der Waals surface area (Å²) in [6, 6.07) is 7.71. The van der Waals surface area contributed by atoms with E-state index >= 15 is 0 Å². The normalized spacial score (nSPS) is 21.4. The molecule has 1 aliphatic carbocycles. The van der Waals surface area contributed by atoms with E-state index in [1.807, 2.05) is 24.3 Å². The van der Waals surface area contributed by atoms with Crippen LogP contribution in [0.3, 0.4) is 0 Å². The van der Waals surface area contributed by atoms with Crippen LogP contribution < -0.4 is 0 Å². The number of halogens is 3. The Hall–Kier alpha value is -1.78. The van der Waals surface area contributed by atoms with Crippen LogP contribution in [0, 0.1) is 11.8 Å². The first-order valence-electron chi connectivity index (χ1n) is 9.18. The molecule has 3 rings (SSSR count). The Morgan fingerprint density at radius 1 is 1.08 bits per heavy atom. The highest BCUT2D eigenvalue weighted by Crippen LogP contribution is 2.35. The molecule has 0 N–H and O–H groups in total. The minimum Gasteiger partial charge on any atom is -0.240 e. The average Bonchev–Trinajstić information content (AvgIpc) is 3.11. The smallest absolute Gasteiger partial charge is 0.240 e. The quantitative estimate of drug-likeness (QED) is 0.643. The Labute approximate surface area is 147 Å². The summed E-state index contributed by atoms with van der Waals surface area (Å²) in [6.07, 6.45) is 6.47. The molecule has 2 nitrogen and oxygen atoms in total. The van der Waals surface area contributed by atoms with Crippen LogP contribution in [0.15, 0.2) is 36.7 Å². The molecule has 1 unspecified atom stereocenters. The maximum Gasteiger partial charge on any atom is 0.419 e. The highest BCUT2D eigenvalue weighted by molar-refractivity contribution is 5.34. The van der Waals surface area contributed by atoms with E-state index < -0.39 is 11.7 Å². The van der Waals surface area contributed by atoms with E-state index in [9.17, 15) is 13.2 Å². The van der Waals surface area contributed by atoms with E-state index in [-0.39, 0.29) is 0 Å². The van der Waals surface area contributed by atoms with E-state index in [0.717, 1.165) is 30.7 Å². The van der Waals surface area contributed by atoms with Gasteiger partial charge in [-0.15, -0.1) is 0 Å². The number of hydrogen-bond donors (Lipinski definition) is 0. The minimum atomic E-state index is -4.35. The zero-order chi connectivity index (χ0) is 17.9. The van der Waals surface area contributed by atoms with Gasteiger partial charge in [-0.3, -0.25) is 0 Å². The SMILES string of the molecule is CCC1CCCC[C@@H]1CCc1ccc(-n2cc(C(F)(F)F)cn2)cc1. The van der Waals surface area contributed by atoms with Crippen molar-refractivity contribution in [1.29, 1.82) is 0 Å². The molecule has 0 spiro atoms. The summed E-state index contributed by atoms with van der Waals surface area (Å²) >= 11 is 0. The summed E-state index contributed by atoms with van der Waals surface area (Å²) in [4.78, 5) is 0. The van der Waals surface area contributed by atoms with Gasteiger partial charge in [0, 0.05) is 6.20 Å². The van der Waals surface area contributed by atoms with Crippen LogP contribution in [-0.4, -0.2) is 9.78 Å². The number of alkyl halides is 3. The fourth-order valence-electron chi connectivity index (χ4n) is 3.98. The maximum absolute atomic E-state index is 12.7. The topological polar surface area (TPSA) is 17.8 Å². The number of aromatic nitrogens is 2. The molecule has 0 radical (unpaired) electrons. The van der Waals surface area contributed by atoms with Crippen LogP contribution in [0.25, 0.3) is 5.69 Å². The fraction of sp³-hybridized carbons (Fsp3) is 0.550. The highest BCUT2D eigenvalue weighted by Gasteiger charge is 2.32. The van der Waals surface area contributed by atoms with Crippen LogP contribution in [0.4, 0.5) is 13.2 Å². The summed E-state index contributed by atoms with van der Waals surface area (Å²) in [5.74, 6) is 1.68. The second-order valence-corrected chi connectivity index (χ2v) is 7.09. The molecule has 2 aromatic rings. The Morgan fingerprint density at radius 3 is 2.36 bits per heavy atom. The summed E-state index contributed by atoms with van der Waals surface area (Å²) in [6.45, 7) is 2.29. The van der Waals surface area contributed by atoms with Crippen molar-refractivity contribution < 1.29 is 13.2 Å². The number of nitrogens with zero attached hydrogens (tertiary/aromatic N) is 2. The number of benzene rings is 1. The average molecular weight is 350 g/mol. The fourth-order valence-corrected chi connectivity index (χ4v) is 3.98. The monoisotopic (exact) mass is 350 g/mol. The van der Waals surface area contributed by atoms with E-state index in [2.05, 4.69) is 12.0 Å². The largest absolute Gasteiger partial charge is 0.419 e. The summed E-state index contributed by atoms with van der Waals surface area (Å²) in [5, 5.41) is 3.82. The van der Waals surface area contributed by atoms with Crippen LogP contribution >= 0.6 is 0 Å². The Morgan fingerprint density at radius 2 is 1.76 bits per heavy atom. The van der Waals surface area contributed by atoms with Gasteiger partial charge in [0.05, 0.1) is 17.4 Å². The minimum absolute atomic E-state index is 0.656. The standard InChI is InChI=1S/C20H25F3N2/c1-2-16-5-3-4-6-17(16)10-7-15-8-11-19(12-9-15)25-14-18(13-24-25)20(21,22)23/h8-9,11-14,16-17H,2-7,10H2,1H3/t16?,17-/m1/s1. The van der Waals surface area contributed by atoms with Gasteiger partial charge in [0.25, 0.3) is 0 Å². The van der Waals surface area contributed by atoms with Gasteiger partial charge < -0.3 is 0 Å². The van der Waals surface area contributed by atoms with Crippen molar-refractivity contribution in [2.75, 3.05) is 0 Å². The van der Waals surface area contributed by atoms with Crippen molar-refractivity contribution in [1.82, 2.24) is 9.78 Å². The lowest BCUT2D eigenvalue weighted by Gasteiger charge is -2.30. The zero-order valence-corrected chi connectivity index (χ0v) is 14.6. The summed E-state index contributed by atoms with van der Waals surface area (Å²) in [5.41, 5.74) is 1.18. The second kappa shape index (κ2) is 7.63. The van der Waals surface area contributed by atoms with Crippen molar-refractivity contribution in [2.45, 2.75) is 58.0 Å². The Bertz CT molecular complexity index is 673. The molecule has 1 saturated carbocycles. The van der Waals surface area contributed by atoms with Gasteiger partial charge in [-0.25, -0.2) is 4.68 Å². The predicted octanol–water partition coefficient (Wildman–Crippen LogP) is 6.04. The van der Waals surface area contributed by atoms with E-state index in [1.54, 1.807) is 0 Å². The lowest BCUT2D eigenvalue weighted by atomic mass is 9.75. The van der Waals surface area contributed by atoms with Crippen LogP contribution in [-0.2, 0) is 12.6 Å². The molecular formula is C20H25F3N2. The van der Waals surface area contributed by atoms with Gasteiger partial charge in [0.1, 0.15) is 0 Å². The van der Waals surface area contributed by atoms with Gasteiger partial charge in [-0.2, -0.15) is 18.3 Å². The van der Waals surface area contributed by atoms with Crippen LogP contribution in [0.5, 0.6) is 0 Å². The molecule has 1 aromatic carbocycles. The van der Waals surface area contributed by atoms with E-state index in [0.29, 0.717) is 5.69 Å². The first-order chi connectivity index (χ1) is 12.0. The zero-order valence-electron chi connectivity index (χ0n) is 14.6. The van der Waals surface area contributed by atoms with E-state index in [4.69, 9.17) is 0 Å². The Kier molecular flexibility index (Phi) is 5.50. The predicted molar refractivity (Wildman–Crippen MR) is 92.6 cm³/mol. The third-order valence-electron chi connectivity index (χ3n) is 5.51. The summed E-state index contributed by atoms with van der Waals surface area (Å²) < 4.78 is 39.3. The molecular weight excluding hydrogens is 325 g/mol. The van der Waals surface area contributed by atoms with Gasteiger partial charge in [0.2, 0.25) is 0 Å². The van der Waals surface area contributed by atoms with Gasteiger partial charge >= 0.3 is 6.18 Å². The molecule has 0 saturated heterocycles. The number of rotatable bonds is 5. The van der Waals surface area contributed by atoms with Crippen molar-refractivity contribution in [3.63, 3.8) is 0 Å². The summed E-state index contributed by atoms with van der Waals surface area (Å²) in [7, 11) is 0. The second-order valence-electron chi connectivity index (χ2n) is 7.09. The van der Waals surface area contributed by atoms with Crippen molar-refractivity contribution in [2.24, 2.45) is 11.8 Å². The van der Waals surface area contributed by atoms with Crippen LogP contribution in [0.2, 0.25) is 0 Å². The molecule has 1 aliphatic rings. The van der Waals surface area contributed by atoms with E-state index in [1.165, 1.54) is 48.8 Å². The molecule has 0 bridgehead atoms. The van der Waals surface area contributed by atoms with Gasteiger partial charge in [-0.1, -0.05) is 51.2 Å². The third-order valence-corrected chi connectivity index (χ3v) is 5.51. The molecule has 1 fully saturated rings. The molecule has 5 heteroatoms. The molecule has 2 atom stereocenters. The molecule has 0 amide bonds. The molecule has 136 valence electrons. The lowest BCUT2D eigenvalue weighted by Crippen LogP contribution is -2.19. The van der Waals surface area contributed by atoms with Crippen molar-refractivity contribution in [3.05, 3.63) is 47.8 Å². The molecule has 25 heavy (non-hydrogen) atoms. The lowest BCUT2D eigenvalue weighted by molar-refractivity contribution is -0.137. The third kappa shape index (κ3) is 4.44. The highest BCUT2D eigenvalue weighted by atomic mass is 19.4. The molecule has 0 aliphatic heterocycles. The number of hydrogen-bond acceptors (Lipinski definition) is 1. The number of aryl methyl sites for hydroxylation is 1. The first-order valence-corrected chi connectivity index (χ1v) is 9.18. The van der Waals surface area contributed by atoms with Crippen molar-refractivity contribution in [3.8, 4) is 5.69 Å². The Balaban J connectivity index is 1.61. The van der Waals surface area contributed by atoms with Gasteiger partial charge in [0.15, 0.2) is 0 Å². The van der Waals surface area contributed by atoms with Gasteiger partial charge in [-0.05, 0) is 42.4 Å². The van der Waals surface area contributed by atoms with Crippen LogP contribution in [0.1, 0.15) is 56.6 Å². The maximum atomic E-state index is 12.7. The van der Waals surface area contributed by atoms with Crippen molar-refractivity contribution >= 4 is 0 Å². The molecule has 1 heterocycles.